The summed E-state index contributed by atoms with van der Waals surface area (Å²) in [4.78, 5) is 21.4. The zero-order valence-electron chi connectivity index (χ0n) is 12.5. The first-order valence-corrected chi connectivity index (χ1v) is 7.45. The van der Waals surface area contributed by atoms with Crippen LogP contribution in [-0.2, 0) is 6.54 Å². The van der Waals surface area contributed by atoms with Crippen molar-refractivity contribution in [2.24, 2.45) is 0 Å². The molecule has 0 aliphatic carbocycles. The number of rotatable bonds is 3. The molecule has 6 heteroatoms. The molecule has 1 atom stereocenters. The Morgan fingerprint density at radius 3 is 2.95 bits per heavy atom. The fourth-order valence-corrected chi connectivity index (χ4v) is 3.04. The standard InChI is InChI=1S/C15H21N5O/c1-11-7-12(2)20(18-11)9-13-5-3-4-6-19(13)15(21)14-8-16-10-17-14/h7-8,10,13H,3-6,9H2,1-2H3,(H,16,17)/t13-/m0/s1. The summed E-state index contributed by atoms with van der Waals surface area (Å²) in [5, 5.41) is 4.52. The molecule has 0 radical (unpaired) electrons. The second-order valence-corrected chi connectivity index (χ2v) is 5.72. The van der Waals surface area contributed by atoms with E-state index in [1.165, 1.54) is 0 Å². The van der Waals surface area contributed by atoms with Crippen LogP contribution >= 0.6 is 0 Å². The van der Waals surface area contributed by atoms with Crippen LogP contribution in [0, 0.1) is 13.8 Å². The molecule has 1 aliphatic heterocycles. The van der Waals surface area contributed by atoms with E-state index in [0.29, 0.717) is 5.69 Å². The fraction of sp³-hybridized carbons (Fsp3) is 0.533. The van der Waals surface area contributed by atoms with Gasteiger partial charge in [0.05, 0.1) is 30.8 Å². The van der Waals surface area contributed by atoms with Gasteiger partial charge in [-0.2, -0.15) is 5.10 Å². The highest BCUT2D eigenvalue weighted by molar-refractivity contribution is 5.92. The predicted octanol–water partition coefficient (Wildman–Crippen LogP) is 1.92. The van der Waals surface area contributed by atoms with Crippen LogP contribution in [0.25, 0.3) is 0 Å². The van der Waals surface area contributed by atoms with Gasteiger partial charge in [-0.1, -0.05) is 0 Å². The number of carbonyl (C=O) groups is 1. The quantitative estimate of drug-likeness (QED) is 0.938. The minimum absolute atomic E-state index is 0.0405. The maximum atomic E-state index is 12.6. The maximum absolute atomic E-state index is 12.6. The first-order chi connectivity index (χ1) is 10.1. The SMILES string of the molecule is Cc1cc(C)n(C[C@@H]2CCCCN2C(=O)c2cnc[nH]2)n1. The van der Waals surface area contributed by atoms with Crippen LogP contribution < -0.4 is 0 Å². The monoisotopic (exact) mass is 287 g/mol. The van der Waals surface area contributed by atoms with E-state index >= 15 is 0 Å². The average Bonchev–Trinajstić information content (AvgIpc) is 3.09. The van der Waals surface area contributed by atoms with Crippen LogP contribution in [0.3, 0.4) is 0 Å². The number of imidazole rings is 1. The van der Waals surface area contributed by atoms with Crippen LogP contribution in [0.2, 0.25) is 0 Å². The van der Waals surface area contributed by atoms with Gasteiger partial charge in [0.2, 0.25) is 0 Å². The number of amides is 1. The fourth-order valence-electron chi connectivity index (χ4n) is 3.04. The first-order valence-electron chi connectivity index (χ1n) is 7.45. The number of aromatic amines is 1. The van der Waals surface area contributed by atoms with E-state index in [0.717, 1.165) is 43.7 Å². The lowest BCUT2D eigenvalue weighted by atomic mass is 10.0. The first kappa shape index (κ1) is 13.9. The number of H-pyrrole nitrogens is 1. The van der Waals surface area contributed by atoms with Crippen molar-refractivity contribution in [3.8, 4) is 0 Å². The minimum atomic E-state index is 0.0405. The maximum Gasteiger partial charge on any atom is 0.272 e. The van der Waals surface area contributed by atoms with Crippen LogP contribution in [0.15, 0.2) is 18.6 Å². The van der Waals surface area contributed by atoms with Crippen molar-refractivity contribution < 1.29 is 4.79 Å². The molecular weight excluding hydrogens is 266 g/mol. The lowest BCUT2D eigenvalue weighted by molar-refractivity contribution is 0.0577. The Kier molecular flexibility index (Phi) is 3.77. The molecule has 0 bridgehead atoms. The Balaban J connectivity index is 1.78. The smallest absolute Gasteiger partial charge is 0.272 e. The molecule has 1 fully saturated rings. The summed E-state index contributed by atoms with van der Waals surface area (Å²) < 4.78 is 2.01. The van der Waals surface area contributed by atoms with Gasteiger partial charge in [0.25, 0.3) is 5.91 Å². The number of aromatic nitrogens is 4. The number of nitrogens with one attached hydrogen (secondary N) is 1. The van der Waals surface area contributed by atoms with Gasteiger partial charge in [-0.25, -0.2) is 4.98 Å². The molecule has 0 aromatic carbocycles. The number of carbonyl (C=O) groups excluding carboxylic acids is 1. The molecule has 3 rings (SSSR count). The molecule has 0 saturated carbocycles. The van der Waals surface area contributed by atoms with Gasteiger partial charge in [-0.05, 0) is 39.2 Å². The molecule has 0 spiro atoms. The Bertz CT molecular complexity index is 616. The summed E-state index contributed by atoms with van der Waals surface area (Å²) >= 11 is 0. The lowest BCUT2D eigenvalue weighted by Crippen LogP contribution is -2.46. The summed E-state index contributed by atoms with van der Waals surface area (Å²) in [6, 6.07) is 2.27. The predicted molar refractivity (Wildman–Crippen MR) is 79.0 cm³/mol. The molecule has 0 unspecified atom stereocenters. The lowest BCUT2D eigenvalue weighted by Gasteiger charge is -2.35. The van der Waals surface area contributed by atoms with E-state index in [1.807, 2.05) is 16.5 Å². The summed E-state index contributed by atoms with van der Waals surface area (Å²) in [7, 11) is 0. The Hall–Kier alpha value is -2.11. The molecule has 6 nitrogen and oxygen atoms in total. The van der Waals surface area contributed by atoms with Gasteiger partial charge in [-0.3, -0.25) is 9.48 Å². The highest BCUT2D eigenvalue weighted by Crippen LogP contribution is 2.21. The van der Waals surface area contributed by atoms with Gasteiger partial charge < -0.3 is 9.88 Å². The molecule has 112 valence electrons. The van der Waals surface area contributed by atoms with Crippen LogP contribution in [0.5, 0.6) is 0 Å². The van der Waals surface area contributed by atoms with Crippen molar-refractivity contribution in [1.82, 2.24) is 24.6 Å². The molecule has 1 N–H and O–H groups in total. The van der Waals surface area contributed by atoms with Gasteiger partial charge in [-0.15, -0.1) is 0 Å². The number of hydrogen-bond donors (Lipinski definition) is 1. The highest BCUT2D eigenvalue weighted by atomic mass is 16.2. The normalized spacial score (nSPS) is 19.0. The highest BCUT2D eigenvalue weighted by Gasteiger charge is 2.28. The van der Waals surface area contributed by atoms with E-state index in [1.54, 1.807) is 12.5 Å². The molecule has 21 heavy (non-hydrogen) atoms. The molecule has 1 amide bonds. The zero-order valence-corrected chi connectivity index (χ0v) is 12.5. The molecule has 1 aliphatic rings. The Morgan fingerprint density at radius 2 is 2.29 bits per heavy atom. The second-order valence-electron chi connectivity index (χ2n) is 5.72. The molecule has 2 aromatic rings. The molecular formula is C15H21N5O. The van der Waals surface area contributed by atoms with Crippen LogP contribution in [0.4, 0.5) is 0 Å². The second kappa shape index (κ2) is 5.71. The number of nitrogens with zero attached hydrogens (tertiary/aromatic N) is 4. The summed E-state index contributed by atoms with van der Waals surface area (Å²) in [6.45, 7) is 5.63. The topological polar surface area (TPSA) is 66.8 Å². The van der Waals surface area contributed by atoms with Gasteiger partial charge in [0.15, 0.2) is 0 Å². The number of aryl methyl sites for hydroxylation is 2. The van der Waals surface area contributed by atoms with Crippen molar-refractivity contribution >= 4 is 5.91 Å². The van der Waals surface area contributed by atoms with Crippen LogP contribution in [-0.4, -0.2) is 43.1 Å². The van der Waals surface area contributed by atoms with Crippen molar-refractivity contribution in [2.75, 3.05) is 6.54 Å². The third-order valence-electron chi connectivity index (χ3n) is 4.10. The molecule has 3 heterocycles. The zero-order chi connectivity index (χ0) is 14.8. The van der Waals surface area contributed by atoms with Crippen LogP contribution in [0.1, 0.15) is 41.1 Å². The van der Waals surface area contributed by atoms with E-state index in [-0.39, 0.29) is 11.9 Å². The van der Waals surface area contributed by atoms with E-state index < -0.39 is 0 Å². The number of likely N-dealkylation sites (tertiary alicyclic amines) is 1. The van der Waals surface area contributed by atoms with E-state index in [9.17, 15) is 4.79 Å². The van der Waals surface area contributed by atoms with Gasteiger partial charge in [0.1, 0.15) is 5.69 Å². The summed E-state index contributed by atoms with van der Waals surface area (Å²) in [5.74, 6) is 0.0405. The minimum Gasteiger partial charge on any atom is -0.341 e. The Labute approximate surface area is 124 Å². The van der Waals surface area contributed by atoms with Gasteiger partial charge >= 0.3 is 0 Å². The van der Waals surface area contributed by atoms with Crippen molar-refractivity contribution in [3.05, 3.63) is 35.7 Å². The van der Waals surface area contributed by atoms with E-state index in [4.69, 9.17) is 0 Å². The van der Waals surface area contributed by atoms with Gasteiger partial charge in [0, 0.05) is 12.2 Å². The third kappa shape index (κ3) is 2.84. The molecule has 2 aromatic heterocycles. The van der Waals surface area contributed by atoms with E-state index in [2.05, 4.69) is 28.1 Å². The summed E-state index contributed by atoms with van der Waals surface area (Å²) in [6.07, 6.45) is 6.40. The molecule has 1 saturated heterocycles. The largest absolute Gasteiger partial charge is 0.341 e. The number of piperidine rings is 1. The number of hydrogen-bond acceptors (Lipinski definition) is 3. The van der Waals surface area contributed by atoms with Crippen molar-refractivity contribution in [3.63, 3.8) is 0 Å². The van der Waals surface area contributed by atoms with Crippen molar-refractivity contribution in [1.29, 1.82) is 0 Å². The van der Waals surface area contributed by atoms with Crippen molar-refractivity contribution in [2.45, 2.75) is 45.7 Å². The average molecular weight is 287 g/mol. The Morgan fingerprint density at radius 1 is 1.43 bits per heavy atom. The third-order valence-corrected chi connectivity index (χ3v) is 4.10. The summed E-state index contributed by atoms with van der Waals surface area (Å²) in [5.41, 5.74) is 2.73.